The first-order chi connectivity index (χ1) is 18.4. The van der Waals surface area contributed by atoms with E-state index in [1.807, 2.05) is 66.2 Å². The van der Waals surface area contributed by atoms with E-state index in [4.69, 9.17) is 0 Å². The van der Waals surface area contributed by atoms with Crippen molar-refractivity contribution in [3.05, 3.63) is 89.3 Å². The molecule has 4 bridgehead atoms. The third-order valence-electron chi connectivity index (χ3n) is 9.26. The van der Waals surface area contributed by atoms with Crippen molar-refractivity contribution in [3.63, 3.8) is 0 Å². The minimum absolute atomic E-state index is 0.0556. The van der Waals surface area contributed by atoms with Gasteiger partial charge in [-0.05, 0) is 116 Å². The maximum absolute atomic E-state index is 13.5. The molecule has 4 saturated carbocycles. The zero-order valence-electron chi connectivity index (χ0n) is 21.5. The highest BCUT2D eigenvalue weighted by Gasteiger charge is 2.51. The Labute approximate surface area is 222 Å². The van der Waals surface area contributed by atoms with Gasteiger partial charge in [0.1, 0.15) is 5.57 Å². The lowest BCUT2D eigenvalue weighted by molar-refractivity contribution is -0.122. The van der Waals surface area contributed by atoms with Gasteiger partial charge in [0.05, 0.1) is 5.69 Å². The normalized spacial score (nSPS) is 29.3. The van der Waals surface area contributed by atoms with Crippen molar-refractivity contribution in [2.75, 3.05) is 4.90 Å². The van der Waals surface area contributed by atoms with Crippen LogP contribution >= 0.6 is 0 Å². The molecule has 192 valence electrons. The number of urea groups is 1. The van der Waals surface area contributed by atoms with Crippen LogP contribution in [0.2, 0.25) is 0 Å². The van der Waals surface area contributed by atoms with Crippen molar-refractivity contribution < 1.29 is 14.4 Å². The van der Waals surface area contributed by atoms with Crippen molar-refractivity contribution in [1.82, 2.24) is 9.88 Å². The number of carbonyl (C=O) groups is 3. The van der Waals surface area contributed by atoms with Gasteiger partial charge < -0.3 is 4.57 Å². The maximum Gasteiger partial charge on any atom is 0.335 e. The maximum atomic E-state index is 13.5. The summed E-state index contributed by atoms with van der Waals surface area (Å²) >= 11 is 0. The van der Waals surface area contributed by atoms with Gasteiger partial charge in [-0.2, -0.15) is 0 Å². The minimum Gasteiger partial charge on any atom is -0.321 e. The topological polar surface area (TPSA) is 71.4 Å². The number of amides is 4. The van der Waals surface area contributed by atoms with E-state index >= 15 is 0 Å². The van der Waals surface area contributed by atoms with E-state index in [1.54, 1.807) is 6.08 Å². The standard InChI is InChI=1S/C32H31N3O3/c1-20-11-24(19-34(20)26-5-3-2-4-6-26)15-28-29(36)33-31(38)35(30(28)37)27-9-7-25(8-10-27)32-16-21-12-22(17-32)14-23(13-21)18-32/h2-11,15,19,21-23H,12-14,16-18H2,1H3,(H,33,36,38)/b28-15-. The minimum atomic E-state index is -0.710. The highest BCUT2D eigenvalue weighted by molar-refractivity contribution is 6.39. The number of imide groups is 2. The van der Waals surface area contributed by atoms with E-state index in [2.05, 4.69) is 17.4 Å². The number of benzene rings is 2. The van der Waals surface area contributed by atoms with E-state index in [9.17, 15) is 14.4 Å². The number of carbonyl (C=O) groups excluding carboxylic acids is 3. The van der Waals surface area contributed by atoms with Gasteiger partial charge in [0.15, 0.2) is 0 Å². The Hall–Kier alpha value is -3.93. The second-order valence-corrected chi connectivity index (χ2v) is 11.8. The molecule has 2 heterocycles. The molecule has 38 heavy (non-hydrogen) atoms. The Balaban J connectivity index is 1.17. The zero-order chi connectivity index (χ0) is 26.0. The van der Waals surface area contributed by atoms with Gasteiger partial charge in [-0.3, -0.25) is 14.9 Å². The zero-order valence-corrected chi connectivity index (χ0v) is 21.5. The summed E-state index contributed by atoms with van der Waals surface area (Å²) in [6.07, 6.45) is 11.4. The first kappa shape index (κ1) is 23.2. The Bertz CT molecular complexity index is 1450. The summed E-state index contributed by atoms with van der Waals surface area (Å²) in [5, 5.41) is 2.36. The van der Waals surface area contributed by atoms with Gasteiger partial charge in [0.25, 0.3) is 11.8 Å². The van der Waals surface area contributed by atoms with Gasteiger partial charge in [-0.1, -0.05) is 30.3 Å². The van der Waals surface area contributed by atoms with Gasteiger partial charge >= 0.3 is 6.03 Å². The number of rotatable bonds is 4. The van der Waals surface area contributed by atoms with Crippen LogP contribution < -0.4 is 10.2 Å². The first-order valence-electron chi connectivity index (χ1n) is 13.6. The summed E-state index contributed by atoms with van der Waals surface area (Å²) in [4.78, 5) is 40.1. The number of para-hydroxylation sites is 1. The number of hydrogen-bond donors (Lipinski definition) is 1. The molecule has 1 N–H and O–H groups in total. The predicted molar refractivity (Wildman–Crippen MR) is 146 cm³/mol. The van der Waals surface area contributed by atoms with Crippen LogP contribution in [0.4, 0.5) is 10.5 Å². The number of nitrogens with zero attached hydrogens (tertiary/aromatic N) is 2. The van der Waals surface area contributed by atoms with E-state index in [0.717, 1.165) is 39.6 Å². The molecular weight excluding hydrogens is 474 g/mol. The van der Waals surface area contributed by atoms with Crippen molar-refractivity contribution in [3.8, 4) is 5.69 Å². The van der Waals surface area contributed by atoms with Crippen LogP contribution in [0.25, 0.3) is 11.8 Å². The molecule has 1 aromatic heterocycles. The summed E-state index contributed by atoms with van der Waals surface area (Å²) in [6, 6.07) is 19.0. The van der Waals surface area contributed by atoms with E-state index in [1.165, 1.54) is 44.1 Å². The van der Waals surface area contributed by atoms with Crippen molar-refractivity contribution in [2.45, 2.75) is 50.9 Å². The van der Waals surface area contributed by atoms with Crippen LogP contribution in [-0.4, -0.2) is 22.4 Å². The first-order valence-corrected chi connectivity index (χ1v) is 13.6. The quantitative estimate of drug-likeness (QED) is 0.353. The smallest absolute Gasteiger partial charge is 0.321 e. The molecule has 6 nitrogen and oxygen atoms in total. The van der Waals surface area contributed by atoms with Crippen LogP contribution in [0.5, 0.6) is 0 Å². The molecule has 8 rings (SSSR count). The monoisotopic (exact) mass is 505 g/mol. The largest absolute Gasteiger partial charge is 0.335 e. The Morgan fingerprint density at radius 2 is 1.47 bits per heavy atom. The van der Waals surface area contributed by atoms with Gasteiger partial charge in [-0.25, -0.2) is 9.69 Å². The number of anilines is 1. The second kappa shape index (κ2) is 8.55. The number of aromatic nitrogens is 1. The highest BCUT2D eigenvalue weighted by Crippen LogP contribution is 2.60. The summed E-state index contributed by atoms with van der Waals surface area (Å²) in [5.41, 5.74) is 4.68. The summed E-state index contributed by atoms with van der Waals surface area (Å²) < 4.78 is 2.00. The van der Waals surface area contributed by atoms with Crippen LogP contribution in [0.1, 0.15) is 55.3 Å². The number of nitrogens with one attached hydrogen (secondary N) is 1. The lowest BCUT2D eigenvalue weighted by Gasteiger charge is -2.57. The van der Waals surface area contributed by atoms with E-state index < -0.39 is 17.8 Å². The van der Waals surface area contributed by atoms with Crippen LogP contribution in [0, 0.1) is 24.7 Å². The number of aryl methyl sites for hydroxylation is 1. The lowest BCUT2D eigenvalue weighted by Crippen LogP contribution is -2.54. The SMILES string of the molecule is Cc1cc(/C=C2/C(=O)NC(=O)N(c3ccc(C45CC6CC(CC(C6)C4)C5)cc3)C2=O)cn1-c1ccccc1. The third kappa shape index (κ3) is 3.73. The van der Waals surface area contributed by atoms with Crippen molar-refractivity contribution in [2.24, 2.45) is 17.8 Å². The molecule has 3 aromatic rings. The Morgan fingerprint density at radius 1 is 0.842 bits per heavy atom. The fourth-order valence-electron chi connectivity index (χ4n) is 8.03. The Morgan fingerprint density at radius 3 is 2.11 bits per heavy atom. The summed E-state index contributed by atoms with van der Waals surface area (Å²) in [5.74, 6) is 1.25. The van der Waals surface area contributed by atoms with Gasteiger partial charge in [0.2, 0.25) is 0 Å². The molecule has 6 heteroatoms. The summed E-state index contributed by atoms with van der Waals surface area (Å²) in [7, 11) is 0. The number of hydrogen-bond acceptors (Lipinski definition) is 3. The van der Waals surface area contributed by atoms with Crippen molar-refractivity contribution >= 4 is 29.6 Å². The molecule has 1 saturated heterocycles. The lowest BCUT2D eigenvalue weighted by atomic mass is 9.48. The van der Waals surface area contributed by atoms with E-state index in [0.29, 0.717) is 5.69 Å². The molecule has 5 fully saturated rings. The molecule has 0 unspecified atom stereocenters. The average molecular weight is 506 g/mol. The molecule has 4 aliphatic carbocycles. The van der Waals surface area contributed by atoms with Gasteiger partial charge in [0, 0.05) is 17.6 Å². The molecule has 2 aromatic carbocycles. The summed E-state index contributed by atoms with van der Waals surface area (Å²) in [6.45, 7) is 1.97. The molecule has 0 atom stereocenters. The van der Waals surface area contributed by atoms with E-state index in [-0.39, 0.29) is 11.0 Å². The van der Waals surface area contributed by atoms with Gasteiger partial charge in [-0.15, -0.1) is 0 Å². The van der Waals surface area contributed by atoms with Crippen LogP contribution in [-0.2, 0) is 15.0 Å². The molecule has 1 aliphatic heterocycles. The average Bonchev–Trinajstić information content (AvgIpc) is 3.26. The molecule has 0 spiro atoms. The Kier molecular flexibility index (Phi) is 5.22. The predicted octanol–water partition coefficient (Wildman–Crippen LogP) is 5.92. The van der Waals surface area contributed by atoms with Crippen LogP contribution in [0.15, 0.2) is 72.4 Å². The molecule has 4 amide bonds. The molecular formula is C32H31N3O3. The fourth-order valence-corrected chi connectivity index (χ4v) is 8.03. The van der Waals surface area contributed by atoms with Crippen molar-refractivity contribution in [1.29, 1.82) is 0 Å². The van der Waals surface area contributed by atoms with Crippen LogP contribution in [0.3, 0.4) is 0 Å². The number of barbiturate groups is 1. The molecule has 5 aliphatic rings. The second-order valence-electron chi connectivity index (χ2n) is 11.8. The third-order valence-corrected chi connectivity index (χ3v) is 9.26. The fraction of sp³-hybridized carbons (Fsp3) is 0.344. The highest BCUT2D eigenvalue weighted by atomic mass is 16.2. The molecule has 0 radical (unpaired) electrons.